The average molecular weight is 380 g/mol. The Hall–Kier alpha value is -1.32. The van der Waals surface area contributed by atoms with Gasteiger partial charge in [-0.25, -0.2) is 4.79 Å². The second kappa shape index (κ2) is 16.8. The number of hydrogen-bond acceptors (Lipinski definition) is 3. The van der Waals surface area contributed by atoms with Gasteiger partial charge in [0.2, 0.25) is 5.91 Å². The number of allylic oxidation sites excluding steroid dienone is 2. The summed E-state index contributed by atoms with van der Waals surface area (Å²) in [5.74, 6) is -0.332. The van der Waals surface area contributed by atoms with Crippen LogP contribution in [0.15, 0.2) is 12.2 Å². The van der Waals surface area contributed by atoms with Crippen LogP contribution >= 0.6 is 0 Å². The topological polar surface area (TPSA) is 55.4 Å². The van der Waals surface area contributed by atoms with Gasteiger partial charge in [-0.1, -0.05) is 76.9 Å². The van der Waals surface area contributed by atoms with Crippen LogP contribution < -0.4 is 5.32 Å². The second-order valence-electron chi connectivity index (χ2n) is 7.76. The smallest absolute Gasteiger partial charge is 0.328 e. The molecule has 1 N–H and O–H groups in total. The molecule has 0 unspecified atom stereocenters. The molecule has 0 aliphatic carbocycles. The highest BCUT2D eigenvalue weighted by Gasteiger charge is 2.28. The molecule has 0 aromatic carbocycles. The molecular weight excluding hydrogens is 338 g/mol. The number of nitrogens with one attached hydrogen (secondary N) is 1. The molecule has 0 bridgehead atoms. The fraction of sp³-hybridized carbons (Fsp3) is 0.826. The Morgan fingerprint density at radius 2 is 1.48 bits per heavy atom. The number of hydrogen-bond donors (Lipinski definition) is 1. The van der Waals surface area contributed by atoms with E-state index in [1.54, 1.807) is 0 Å². The van der Waals surface area contributed by atoms with E-state index in [-0.39, 0.29) is 11.9 Å². The molecule has 0 aromatic rings. The minimum absolute atomic E-state index is 0.0514. The maximum atomic E-state index is 11.7. The minimum atomic E-state index is -0.418. The average Bonchev–Trinajstić information content (AvgIpc) is 3.10. The van der Waals surface area contributed by atoms with Crippen molar-refractivity contribution in [2.24, 2.45) is 0 Å². The SMILES string of the molecule is CCCCCCCCCCCC/C=C/CCCCOC(=O)[C@@H]1CCC(=O)N1. The van der Waals surface area contributed by atoms with Gasteiger partial charge in [-0.05, 0) is 38.5 Å². The van der Waals surface area contributed by atoms with Crippen LogP contribution in [0.25, 0.3) is 0 Å². The number of amides is 1. The van der Waals surface area contributed by atoms with Gasteiger partial charge in [0, 0.05) is 6.42 Å². The lowest BCUT2D eigenvalue weighted by molar-refractivity contribution is -0.146. The molecule has 1 saturated heterocycles. The zero-order valence-corrected chi connectivity index (χ0v) is 17.5. The summed E-state index contributed by atoms with van der Waals surface area (Å²) in [7, 11) is 0. The predicted octanol–water partition coefficient (Wildman–Crippen LogP) is 5.85. The molecule has 4 heteroatoms. The van der Waals surface area contributed by atoms with Crippen molar-refractivity contribution in [1.82, 2.24) is 5.32 Å². The molecule has 4 nitrogen and oxygen atoms in total. The lowest BCUT2D eigenvalue weighted by Crippen LogP contribution is -2.34. The van der Waals surface area contributed by atoms with Crippen LogP contribution in [0, 0.1) is 0 Å². The number of unbranched alkanes of at least 4 members (excludes halogenated alkanes) is 12. The number of rotatable bonds is 17. The van der Waals surface area contributed by atoms with Crippen LogP contribution in [0.2, 0.25) is 0 Å². The van der Waals surface area contributed by atoms with Gasteiger partial charge in [-0.2, -0.15) is 0 Å². The maximum absolute atomic E-state index is 11.7. The molecule has 0 radical (unpaired) electrons. The van der Waals surface area contributed by atoms with Gasteiger partial charge >= 0.3 is 5.97 Å². The highest BCUT2D eigenvalue weighted by molar-refractivity contribution is 5.87. The standard InChI is InChI=1S/C23H41NO3/c1-2-3-4-5-6-7-8-9-10-11-12-13-14-15-16-17-20-27-23(26)21-18-19-22(25)24-21/h13-14,21H,2-12,15-20H2,1H3,(H,24,25)/b14-13+/t21-/m0/s1. The van der Waals surface area contributed by atoms with Crippen molar-refractivity contribution < 1.29 is 14.3 Å². The van der Waals surface area contributed by atoms with Crippen LogP contribution in [0.3, 0.4) is 0 Å². The Kier molecular flexibility index (Phi) is 14.8. The van der Waals surface area contributed by atoms with Crippen molar-refractivity contribution >= 4 is 11.9 Å². The van der Waals surface area contributed by atoms with Crippen LogP contribution in [-0.2, 0) is 14.3 Å². The van der Waals surface area contributed by atoms with Gasteiger partial charge in [0.1, 0.15) is 6.04 Å². The molecule has 1 aliphatic heterocycles. The van der Waals surface area contributed by atoms with E-state index in [4.69, 9.17) is 4.74 Å². The summed E-state index contributed by atoms with van der Waals surface area (Å²) in [4.78, 5) is 22.8. The zero-order valence-electron chi connectivity index (χ0n) is 17.5. The normalized spacial score (nSPS) is 16.8. The molecular formula is C23H41NO3. The van der Waals surface area contributed by atoms with Gasteiger partial charge in [0.25, 0.3) is 0 Å². The first-order valence-corrected chi connectivity index (χ1v) is 11.3. The second-order valence-corrected chi connectivity index (χ2v) is 7.76. The lowest BCUT2D eigenvalue weighted by Gasteiger charge is -2.09. The lowest BCUT2D eigenvalue weighted by atomic mass is 10.1. The molecule has 27 heavy (non-hydrogen) atoms. The van der Waals surface area contributed by atoms with Crippen LogP contribution in [-0.4, -0.2) is 24.5 Å². The van der Waals surface area contributed by atoms with E-state index in [1.165, 1.54) is 70.6 Å². The summed E-state index contributed by atoms with van der Waals surface area (Å²) < 4.78 is 5.22. The van der Waals surface area contributed by atoms with Gasteiger partial charge in [0.05, 0.1) is 6.61 Å². The fourth-order valence-corrected chi connectivity index (χ4v) is 3.41. The van der Waals surface area contributed by atoms with Crippen molar-refractivity contribution in [3.8, 4) is 0 Å². The van der Waals surface area contributed by atoms with Gasteiger partial charge in [0.15, 0.2) is 0 Å². The molecule has 1 amide bonds. The summed E-state index contributed by atoms with van der Waals surface area (Å²) in [5.41, 5.74) is 0. The monoisotopic (exact) mass is 379 g/mol. The molecule has 1 fully saturated rings. The third-order valence-corrected chi connectivity index (χ3v) is 5.18. The first-order chi connectivity index (χ1) is 13.2. The number of carbonyl (C=O) groups excluding carboxylic acids is 2. The third kappa shape index (κ3) is 13.5. The number of carbonyl (C=O) groups is 2. The highest BCUT2D eigenvalue weighted by Crippen LogP contribution is 2.12. The Morgan fingerprint density at radius 3 is 2.04 bits per heavy atom. The molecule has 0 saturated carbocycles. The van der Waals surface area contributed by atoms with E-state index in [9.17, 15) is 9.59 Å². The Labute approximate surface area is 166 Å². The Morgan fingerprint density at radius 1 is 0.926 bits per heavy atom. The van der Waals surface area contributed by atoms with Gasteiger partial charge in [-0.15, -0.1) is 0 Å². The van der Waals surface area contributed by atoms with E-state index in [2.05, 4.69) is 24.4 Å². The summed E-state index contributed by atoms with van der Waals surface area (Å²) in [5, 5.41) is 2.64. The number of ether oxygens (including phenoxy) is 1. The van der Waals surface area contributed by atoms with Gasteiger partial charge in [-0.3, -0.25) is 4.79 Å². The first kappa shape index (κ1) is 23.7. The molecule has 1 aliphatic rings. The summed E-state index contributed by atoms with van der Waals surface area (Å²) >= 11 is 0. The third-order valence-electron chi connectivity index (χ3n) is 5.18. The van der Waals surface area contributed by atoms with E-state index in [1.807, 2.05) is 0 Å². The fourth-order valence-electron chi connectivity index (χ4n) is 3.41. The van der Waals surface area contributed by atoms with Crippen molar-refractivity contribution in [2.75, 3.05) is 6.61 Å². The van der Waals surface area contributed by atoms with Crippen molar-refractivity contribution in [2.45, 2.75) is 116 Å². The van der Waals surface area contributed by atoms with E-state index in [0.717, 1.165) is 19.3 Å². The van der Waals surface area contributed by atoms with Crippen molar-refractivity contribution in [3.05, 3.63) is 12.2 Å². The molecule has 0 aromatic heterocycles. The molecule has 1 heterocycles. The quantitative estimate of drug-likeness (QED) is 0.196. The summed E-state index contributed by atoms with van der Waals surface area (Å²) in [6.45, 7) is 2.73. The van der Waals surface area contributed by atoms with E-state index in [0.29, 0.717) is 19.4 Å². The van der Waals surface area contributed by atoms with Crippen molar-refractivity contribution in [1.29, 1.82) is 0 Å². The summed E-state index contributed by atoms with van der Waals surface area (Å²) in [6.07, 6.45) is 23.6. The minimum Gasteiger partial charge on any atom is -0.464 e. The van der Waals surface area contributed by atoms with Crippen molar-refractivity contribution in [3.63, 3.8) is 0 Å². The largest absolute Gasteiger partial charge is 0.464 e. The van der Waals surface area contributed by atoms with Crippen LogP contribution in [0.1, 0.15) is 110 Å². The molecule has 1 rings (SSSR count). The molecule has 0 spiro atoms. The van der Waals surface area contributed by atoms with E-state index < -0.39 is 6.04 Å². The van der Waals surface area contributed by atoms with E-state index >= 15 is 0 Å². The zero-order chi connectivity index (χ0) is 19.6. The highest BCUT2D eigenvalue weighted by atomic mass is 16.5. The predicted molar refractivity (Wildman–Crippen MR) is 112 cm³/mol. The first-order valence-electron chi connectivity index (χ1n) is 11.3. The molecule has 1 atom stereocenters. The Balaban J connectivity index is 1.78. The molecule has 156 valence electrons. The van der Waals surface area contributed by atoms with Crippen LogP contribution in [0.4, 0.5) is 0 Å². The summed E-state index contributed by atoms with van der Waals surface area (Å²) in [6, 6.07) is -0.418. The Bertz CT molecular complexity index is 420. The van der Waals surface area contributed by atoms with Gasteiger partial charge < -0.3 is 10.1 Å². The maximum Gasteiger partial charge on any atom is 0.328 e. The van der Waals surface area contributed by atoms with Crippen LogP contribution in [0.5, 0.6) is 0 Å². The number of esters is 1.